The number of carbonyl (C=O) groups excluding carboxylic acids is 2. The van der Waals surface area contributed by atoms with Crippen LogP contribution in [0.5, 0.6) is 5.75 Å². The van der Waals surface area contributed by atoms with Gasteiger partial charge in [-0.05, 0) is 17.9 Å². The van der Waals surface area contributed by atoms with Gasteiger partial charge in [0.05, 0.1) is 21.7 Å². The molecule has 2 atom stereocenters. The first kappa shape index (κ1) is 23.5. The molecule has 1 aromatic carbocycles. The molecule has 0 fully saturated rings. The minimum Gasteiger partial charge on any atom is -0.473 e. The fourth-order valence-electron chi connectivity index (χ4n) is 2.67. The van der Waals surface area contributed by atoms with Crippen LogP contribution >= 0.6 is 34.8 Å². The fourth-order valence-corrected chi connectivity index (χ4v) is 3.39. The third-order valence-corrected chi connectivity index (χ3v) is 5.23. The van der Waals surface area contributed by atoms with E-state index in [1.54, 1.807) is 0 Å². The maximum absolute atomic E-state index is 12.6. The molecule has 0 saturated heterocycles. The van der Waals surface area contributed by atoms with Crippen molar-refractivity contribution in [1.82, 2.24) is 0 Å². The Morgan fingerprint density at radius 3 is 2.30 bits per heavy atom. The van der Waals surface area contributed by atoms with Gasteiger partial charge in [0.25, 0.3) is 0 Å². The topological polar surface area (TPSA) is 89.9 Å². The van der Waals surface area contributed by atoms with E-state index < -0.39 is 23.7 Å². The summed E-state index contributed by atoms with van der Waals surface area (Å²) < 4.78 is 10.0. The highest BCUT2D eigenvalue weighted by atomic mass is 35.5. The van der Waals surface area contributed by atoms with Crippen LogP contribution in [0.2, 0.25) is 15.1 Å². The second-order valence-electron chi connectivity index (χ2n) is 6.09. The first-order chi connectivity index (χ1) is 12.6. The lowest BCUT2D eigenvalue weighted by Gasteiger charge is -2.22. The monoisotopic (exact) mass is 438 g/mol. The zero-order chi connectivity index (χ0) is 20.7. The Morgan fingerprint density at radius 2 is 1.78 bits per heavy atom. The fraction of sp³-hybridized carbons (Fsp3) is 0.500. The Kier molecular flexibility index (Phi) is 9.36. The molecule has 0 saturated carbocycles. The number of halogens is 3. The van der Waals surface area contributed by atoms with Crippen molar-refractivity contribution in [1.29, 1.82) is 0 Å². The Balaban J connectivity index is 3.10. The molecule has 27 heavy (non-hydrogen) atoms. The van der Waals surface area contributed by atoms with Gasteiger partial charge in [0.15, 0.2) is 5.75 Å². The number of rotatable bonds is 8. The Labute approximate surface area is 172 Å². The second-order valence-corrected chi connectivity index (χ2v) is 7.28. The van der Waals surface area contributed by atoms with Crippen LogP contribution in [0.3, 0.4) is 0 Å². The summed E-state index contributed by atoms with van der Waals surface area (Å²) in [6, 6.07) is 1.14. The molecule has 6 nitrogen and oxygen atoms in total. The van der Waals surface area contributed by atoms with E-state index in [0.717, 1.165) is 25.3 Å². The second kappa shape index (κ2) is 10.7. The van der Waals surface area contributed by atoms with Crippen molar-refractivity contribution < 1.29 is 29.0 Å². The molecule has 2 unspecified atom stereocenters. The Hall–Kier alpha value is -1.50. The average Bonchev–Trinajstić information content (AvgIpc) is 2.61. The third kappa shape index (κ3) is 6.26. The standard InChI is InChI=1S/C18H21Cl3O6/c1-4-6-10(5-2)9(3)8-26-17(24)13-14(21)11(19)7-12(20)15(13)27-18(25)16(22)23/h7,9-10H,4-6,8H2,1-3H3,(H,22,23). The quantitative estimate of drug-likeness (QED) is 0.257. The highest BCUT2D eigenvalue weighted by Gasteiger charge is 2.28. The van der Waals surface area contributed by atoms with Crippen LogP contribution < -0.4 is 4.74 Å². The summed E-state index contributed by atoms with van der Waals surface area (Å²) in [6.07, 6.45) is 2.96. The molecule has 0 aliphatic carbocycles. The van der Waals surface area contributed by atoms with Crippen molar-refractivity contribution in [2.75, 3.05) is 6.61 Å². The van der Waals surface area contributed by atoms with Crippen LogP contribution in [-0.2, 0) is 14.3 Å². The molecule has 0 amide bonds. The normalized spacial score (nSPS) is 13.0. The smallest absolute Gasteiger partial charge is 0.422 e. The zero-order valence-electron chi connectivity index (χ0n) is 15.2. The maximum atomic E-state index is 12.6. The van der Waals surface area contributed by atoms with Crippen LogP contribution in [0.25, 0.3) is 0 Å². The van der Waals surface area contributed by atoms with E-state index in [-0.39, 0.29) is 33.2 Å². The summed E-state index contributed by atoms with van der Waals surface area (Å²) in [5.74, 6) is -4.41. The van der Waals surface area contributed by atoms with Gasteiger partial charge in [-0.25, -0.2) is 14.4 Å². The number of carbonyl (C=O) groups is 3. The number of benzene rings is 1. The number of esters is 2. The first-order valence-corrected chi connectivity index (χ1v) is 9.56. The largest absolute Gasteiger partial charge is 0.473 e. The molecule has 1 rings (SSSR count). The van der Waals surface area contributed by atoms with Gasteiger partial charge in [0, 0.05) is 0 Å². The lowest BCUT2D eigenvalue weighted by Crippen LogP contribution is -2.23. The summed E-state index contributed by atoms with van der Waals surface area (Å²) in [7, 11) is 0. The van der Waals surface area contributed by atoms with Gasteiger partial charge in [0.2, 0.25) is 0 Å². The molecule has 150 valence electrons. The maximum Gasteiger partial charge on any atom is 0.422 e. The van der Waals surface area contributed by atoms with Crippen molar-refractivity contribution in [3.05, 3.63) is 26.7 Å². The summed E-state index contributed by atoms with van der Waals surface area (Å²) in [5.41, 5.74) is -0.389. The molecule has 0 aliphatic heterocycles. The summed E-state index contributed by atoms with van der Waals surface area (Å²) in [5, 5.41) is 8.17. The number of carboxylic acids is 1. The molecule has 0 aromatic heterocycles. The number of ether oxygens (including phenoxy) is 2. The number of aliphatic carboxylic acids is 1. The molecule has 0 bridgehead atoms. The minimum atomic E-state index is -1.85. The highest BCUT2D eigenvalue weighted by molar-refractivity contribution is 6.46. The average molecular weight is 440 g/mol. The van der Waals surface area contributed by atoms with Gasteiger partial charge in [-0.2, -0.15) is 0 Å². The van der Waals surface area contributed by atoms with E-state index in [1.165, 1.54) is 0 Å². The minimum absolute atomic E-state index is 0.0609. The number of hydrogen-bond donors (Lipinski definition) is 1. The van der Waals surface area contributed by atoms with Gasteiger partial charge in [0.1, 0.15) is 5.56 Å². The van der Waals surface area contributed by atoms with Crippen molar-refractivity contribution in [3.63, 3.8) is 0 Å². The van der Waals surface area contributed by atoms with Crippen molar-refractivity contribution in [2.24, 2.45) is 11.8 Å². The molecule has 0 radical (unpaired) electrons. The zero-order valence-corrected chi connectivity index (χ0v) is 17.5. The molecule has 0 spiro atoms. The first-order valence-electron chi connectivity index (χ1n) is 8.43. The summed E-state index contributed by atoms with van der Waals surface area (Å²) >= 11 is 17.9. The number of hydrogen-bond acceptors (Lipinski definition) is 5. The summed E-state index contributed by atoms with van der Waals surface area (Å²) in [6.45, 7) is 6.23. The van der Waals surface area contributed by atoms with Crippen LogP contribution in [0, 0.1) is 11.8 Å². The third-order valence-electron chi connectivity index (χ3n) is 4.17. The Morgan fingerprint density at radius 1 is 1.15 bits per heavy atom. The van der Waals surface area contributed by atoms with Gasteiger partial charge >= 0.3 is 17.9 Å². The van der Waals surface area contributed by atoms with Crippen LogP contribution in [-0.4, -0.2) is 29.6 Å². The van der Waals surface area contributed by atoms with Crippen LogP contribution in [0.4, 0.5) is 0 Å². The lowest BCUT2D eigenvalue weighted by molar-refractivity contribution is -0.158. The molecular formula is C18H21Cl3O6. The molecular weight excluding hydrogens is 419 g/mol. The van der Waals surface area contributed by atoms with Crippen molar-refractivity contribution in [3.8, 4) is 5.75 Å². The number of carboxylic acid groups (broad SMARTS) is 1. The van der Waals surface area contributed by atoms with E-state index in [2.05, 4.69) is 13.8 Å². The molecule has 1 N–H and O–H groups in total. The van der Waals surface area contributed by atoms with E-state index >= 15 is 0 Å². The van der Waals surface area contributed by atoms with E-state index in [4.69, 9.17) is 49.4 Å². The van der Waals surface area contributed by atoms with Crippen molar-refractivity contribution in [2.45, 2.75) is 40.0 Å². The molecule has 9 heteroatoms. The van der Waals surface area contributed by atoms with E-state index in [0.29, 0.717) is 5.92 Å². The Bertz CT molecular complexity index is 720. The van der Waals surface area contributed by atoms with E-state index in [1.807, 2.05) is 6.92 Å². The van der Waals surface area contributed by atoms with Crippen LogP contribution in [0.15, 0.2) is 6.07 Å². The van der Waals surface area contributed by atoms with Gasteiger partial charge in [-0.3, -0.25) is 0 Å². The van der Waals surface area contributed by atoms with Gasteiger partial charge in [-0.1, -0.05) is 74.8 Å². The van der Waals surface area contributed by atoms with Crippen molar-refractivity contribution >= 4 is 52.7 Å². The van der Waals surface area contributed by atoms with E-state index in [9.17, 15) is 14.4 Å². The molecule has 0 heterocycles. The SMILES string of the molecule is CCCC(CC)C(C)COC(=O)c1c(Cl)c(Cl)cc(Cl)c1OC(=O)C(=O)O. The predicted molar refractivity (Wildman–Crippen MR) is 103 cm³/mol. The molecule has 1 aromatic rings. The lowest BCUT2D eigenvalue weighted by atomic mass is 9.88. The van der Waals surface area contributed by atoms with Crippen LogP contribution in [0.1, 0.15) is 50.4 Å². The van der Waals surface area contributed by atoms with Gasteiger partial charge in [-0.15, -0.1) is 0 Å². The predicted octanol–water partition coefficient (Wildman–Crippen LogP) is 5.26. The molecule has 0 aliphatic rings. The summed E-state index contributed by atoms with van der Waals surface area (Å²) in [4.78, 5) is 34.7. The van der Waals surface area contributed by atoms with Gasteiger partial charge < -0.3 is 14.6 Å². The highest BCUT2D eigenvalue weighted by Crippen LogP contribution is 2.40.